The Bertz CT molecular complexity index is 819. The molecule has 2 amide bonds. The second kappa shape index (κ2) is 6.26. The van der Waals surface area contributed by atoms with E-state index >= 15 is 0 Å². The number of methoxy groups -OCH3 is 1. The van der Waals surface area contributed by atoms with Gasteiger partial charge < -0.3 is 4.74 Å². The van der Waals surface area contributed by atoms with E-state index in [2.05, 4.69) is 0 Å². The van der Waals surface area contributed by atoms with Crippen LogP contribution in [0.1, 0.15) is 5.56 Å². The van der Waals surface area contributed by atoms with E-state index in [4.69, 9.17) is 4.74 Å². The second-order valence-corrected chi connectivity index (χ2v) is 5.73. The number of nitrogens with zero attached hydrogens (tertiary/aromatic N) is 1. The lowest BCUT2D eigenvalue weighted by atomic mass is 10.2. The summed E-state index contributed by atoms with van der Waals surface area (Å²) in [6.07, 6.45) is 1.39. The molecule has 0 unspecified atom stereocenters. The van der Waals surface area contributed by atoms with Crippen molar-refractivity contribution in [3.63, 3.8) is 0 Å². The SMILES string of the molecule is COc1cccc(N2C(=O)S/C(=C\c3ccccc3F)C2=O)c1. The first kappa shape index (κ1) is 15.3. The van der Waals surface area contributed by atoms with Crippen LogP contribution < -0.4 is 9.64 Å². The monoisotopic (exact) mass is 329 g/mol. The first-order valence-corrected chi connectivity index (χ1v) is 7.58. The summed E-state index contributed by atoms with van der Waals surface area (Å²) in [6, 6.07) is 12.7. The Balaban J connectivity index is 1.95. The predicted octanol–water partition coefficient (Wildman–Crippen LogP) is 4.08. The summed E-state index contributed by atoms with van der Waals surface area (Å²) in [5.74, 6) is -0.378. The van der Waals surface area contributed by atoms with Crippen molar-refractivity contribution < 1.29 is 18.7 Å². The fraction of sp³-hybridized carbons (Fsp3) is 0.0588. The molecule has 116 valence electrons. The maximum absolute atomic E-state index is 13.7. The van der Waals surface area contributed by atoms with E-state index in [1.165, 1.54) is 19.3 Å². The van der Waals surface area contributed by atoms with Crippen LogP contribution in [-0.2, 0) is 4.79 Å². The number of carbonyl (C=O) groups excluding carboxylic acids is 2. The zero-order chi connectivity index (χ0) is 16.4. The molecular weight excluding hydrogens is 317 g/mol. The van der Waals surface area contributed by atoms with Crippen LogP contribution in [0.2, 0.25) is 0 Å². The molecule has 0 bridgehead atoms. The van der Waals surface area contributed by atoms with E-state index in [1.54, 1.807) is 42.5 Å². The Morgan fingerprint density at radius 3 is 2.65 bits per heavy atom. The number of halogens is 1. The van der Waals surface area contributed by atoms with Gasteiger partial charge in [0, 0.05) is 11.6 Å². The van der Waals surface area contributed by atoms with Crippen molar-refractivity contribution in [1.82, 2.24) is 0 Å². The van der Waals surface area contributed by atoms with Gasteiger partial charge in [-0.05, 0) is 36.0 Å². The first-order chi connectivity index (χ1) is 11.1. The number of benzene rings is 2. The van der Waals surface area contributed by atoms with Gasteiger partial charge in [-0.3, -0.25) is 9.59 Å². The van der Waals surface area contributed by atoms with Crippen molar-refractivity contribution >= 4 is 34.7 Å². The summed E-state index contributed by atoms with van der Waals surface area (Å²) >= 11 is 0.785. The number of hydrogen-bond acceptors (Lipinski definition) is 4. The van der Waals surface area contributed by atoms with Gasteiger partial charge in [-0.2, -0.15) is 0 Å². The molecule has 1 aliphatic rings. The number of anilines is 1. The molecule has 6 heteroatoms. The number of ether oxygens (including phenoxy) is 1. The average Bonchev–Trinajstić information content (AvgIpc) is 2.83. The summed E-state index contributed by atoms with van der Waals surface area (Å²) in [5, 5.41) is -0.425. The van der Waals surface area contributed by atoms with Gasteiger partial charge in [0.15, 0.2) is 0 Å². The molecule has 1 saturated heterocycles. The smallest absolute Gasteiger partial charge is 0.298 e. The molecule has 0 saturated carbocycles. The molecule has 0 spiro atoms. The van der Waals surface area contributed by atoms with Crippen molar-refractivity contribution in [1.29, 1.82) is 0 Å². The van der Waals surface area contributed by atoms with Crippen molar-refractivity contribution in [2.24, 2.45) is 0 Å². The van der Waals surface area contributed by atoms with Gasteiger partial charge in [0.1, 0.15) is 11.6 Å². The molecule has 23 heavy (non-hydrogen) atoms. The molecular formula is C17H12FNO3S. The van der Waals surface area contributed by atoms with E-state index < -0.39 is 17.0 Å². The Labute approximate surface area is 136 Å². The van der Waals surface area contributed by atoms with Crippen LogP contribution >= 0.6 is 11.8 Å². The minimum atomic E-state index is -0.475. The number of amides is 2. The molecule has 0 aliphatic carbocycles. The highest BCUT2D eigenvalue weighted by molar-refractivity contribution is 8.19. The number of rotatable bonds is 3. The zero-order valence-corrected chi connectivity index (χ0v) is 13.0. The third kappa shape index (κ3) is 2.98. The number of thioether (sulfide) groups is 1. The van der Waals surface area contributed by atoms with Gasteiger partial charge in [0.2, 0.25) is 0 Å². The molecule has 1 aliphatic heterocycles. The van der Waals surface area contributed by atoms with Gasteiger partial charge in [0.05, 0.1) is 17.7 Å². The Morgan fingerprint density at radius 1 is 1.13 bits per heavy atom. The zero-order valence-electron chi connectivity index (χ0n) is 12.2. The van der Waals surface area contributed by atoms with Crippen LogP contribution in [0.5, 0.6) is 5.75 Å². The molecule has 4 nitrogen and oxygen atoms in total. The largest absolute Gasteiger partial charge is 0.497 e. The van der Waals surface area contributed by atoms with Gasteiger partial charge in [-0.15, -0.1) is 0 Å². The first-order valence-electron chi connectivity index (χ1n) is 6.76. The normalized spacial score (nSPS) is 16.3. The van der Waals surface area contributed by atoms with E-state index in [0.717, 1.165) is 16.7 Å². The molecule has 0 N–H and O–H groups in total. The highest BCUT2D eigenvalue weighted by atomic mass is 32.2. The number of imide groups is 1. The van der Waals surface area contributed by atoms with Crippen LogP contribution in [0.4, 0.5) is 14.9 Å². The minimum absolute atomic E-state index is 0.183. The fourth-order valence-corrected chi connectivity index (χ4v) is 3.01. The number of carbonyl (C=O) groups is 2. The predicted molar refractivity (Wildman–Crippen MR) is 87.8 cm³/mol. The van der Waals surface area contributed by atoms with Crippen molar-refractivity contribution in [2.75, 3.05) is 12.0 Å². The lowest BCUT2D eigenvalue weighted by molar-refractivity contribution is -0.113. The molecule has 1 heterocycles. The molecule has 0 atom stereocenters. The quantitative estimate of drug-likeness (QED) is 0.796. The van der Waals surface area contributed by atoms with Gasteiger partial charge >= 0.3 is 0 Å². The van der Waals surface area contributed by atoms with Crippen LogP contribution in [0, 0.1) is 5.82 Å². The molecule has 2 aromatic carbocycles. The van der Waals surface area contributed by atoms with Crippen LogP contribution in [0.15, 0.2) is 53.4 Å². The molecule has 2 aromatic rings. The maximum Gasteiger partial charge on any atom is 0.298 e. The third-order valence-corrected chi connectivity index (χ3v) is 4.17. The summed E-state index contributed by atoms with van der Waals surface area (Å²) < 4.78 is 18.8. The van der Waals surface area contributed by atoms with E-state index in [1.807, 2.05) is 0 Å². The lowest BCUT2D eigenvalue weighted by Crippen LogP contribution is -2.27. The van der Waals surface area contributed by atoms with E-state index in [9.17, 15) is 14.0 Å². The highest BCUT2D eigenvalue weighted by Crippen LogP contribution is 2.36. The van der Waals surface area contributed by atoms with Gasteiger partial charge in [-0.1, -0.05) is 24.3 Å². The fourth-order valence-electron chi connectivity index (χ4n) is 2.17. The molecule has 3 rings (SSSR count). The minimum Gasteiger partial charge on any atom is -0.497 e. The lowest BCUT2D eigenvalue weighted by Gasteiger charge is -2.13. The van der Waals surface area contributed by atoms with Gasteiger partial charge in [0.25, 0.3) is 11.1 Å². The molecule has 0 radical (unpaired) electrons. The highest BCUT2D eigenvalue weighted by Gasteiger charge is 2.36. The maximum atomic E-state index is 13.7. The molecule has 1 fully saturated rings. The van der Waals surface area contributed by atoms with E-state index in [0.29, 0.717) is 11.4 Å². The summed E-state index contributed by atoms with van der Waals surface area (Å²) in [7, 11) is 1.50. The van der Waals surface area contributed by atoms with Crippen LogP contribution in [0.25, 0.3) is 6.08 Å². The summed E-state index contributed by atoms with van der Waals surface area (Å²) in [5.41, 5.74) is 0.687. The topological polar surface area (TPSA) is 46.6 Å². The van der Waals surface area contributed by atoms with Crippen molar-refractivity contribution in [3.8, 4) is 5.75 Å². The Morgan fingerprint density at radius 2 is 1.91 bits per heavy atom. The Hall–Kier alpha value is -2.60. The standard InChI is InChI=1S/C17H12FNO3S/c1-22-13-7-4-6-12(10-13)19-16(20)15(23-17(19)21)9-11-5-2-3-8-14(11)18/h2-10H,1H3/b15-9-. The summed E-state index contributed by atoms with van der Waals surface area (Å²) in [6.45, 7) is 0. The van der Waals surface area contributed by atoms with Crippen LogP contribution in [0.3, 0.4) is 0 Å². The number of hydrogen-bond donors (Lipinski definition) is 0. The third-order valence-electron chi connectivity index (χ3n) is 3.30. The average molecular weight is 329 g/mol. The van der Waals surface area contributed by atoms with E-state index in [-0.39, 0.29) is 10.5 Å². The second-order valence-electron chi connectivity index (χ2n) is 4.74. The van der Waals surface area contributed by atoms with Crippen molar-refractivity contribution in [3.05, 3.63) is 64.8 Å². The van der Waals surface area contributed by atoms with Crippen molar-refractivity contribution in [2.45, 2.75) is 0 Å². The van der Waals surface area contributed by atoms with Gasteiger partial charge in [-0.25, -0.2) is 9.29 Å². The molecule has 0 aromatic heterocycles. The summed E-state index contributed by atoms with van der Waals surface area (Å²) in [4.78, 5) is 25.9. The Kier molecular flexibility index (Phi) is 4.16. The van der Waals surface area contributed by atoms with Crippen LogP contribution in [-0.4, -0.2) is 18.3 Å².